The third-order valence-corrected chi connectivity index (χ3v) is 3.54. The number of fused-ring (bicyclic) bond motifs is 1. The molecule has 134 valence electrons. The number of benzene rings is 1. The zero-order valence-corrected chi connectivity index (χ0v) is 13.9. The highest BCUT2D eigenvalue weighted by Gasteiger charge is 2.37. The van der Waals surface area contributed by atoms with Crippen molar-refractivity contribution >= 4 is 25.1 Å². The SMILES string of the molecule is CCOC(=O)c1cccc2c1OB(O)[C@@H](NC(=O)CNC(=O)OC)C2. The molecule has 0 radical (unpaired) electrons. The fourth-order valence-electron chi connectivity index (χ4n) is 2.40. The second-order valence-corrected chi connectivity index (χ2v) is 5.25. The summed E-state index contributed by atoms with van der Waals surface area (Å²) in [6.07, 6.45) is -0.478. The van der Waals surface area contributed by atoms with Gasteiger partial charge in [-0.15, -0.1) is 0 Å². The number of rotatable bonds is 5. The Kier molecular flexibility index (Phi) is 6.23. The van der Waals surface area contributed by atoms with Crippen LogP contribution in [0.3, 0.4) is 0 Å². The number of esters is 1. The lowest BCUT2D eigenvalue weighted by molar-refractivity contribution is -0.120. The van der Waals surface area contributed by atoms with Crippen molar-refractivity contribution in [3.05, 3.63) is 29.3 Å². The molecule has 0 saturated carbocycles. The highest BCUT2D eigenvalue weighted by molar-refractivity contribution is 6.47. The van der Waals surface area contributed by atoms with Gasteiger partial charge >= 0.3 is 19.2 Å². The minimum atomic E-state index is -1.34. The predicted octanol–water partition coefficient (Wildman–Crippen LogP) is -0.341. The standard InChI is InChI=1S/C15H19BN2O7/c1-3-24-14(20)10-6-4-5-9-7-11(16(22)25-13(9)10)18-12(19)8-17-15(21)23-2/h4-6,11,22H,3,7-8H2,1-2H3,(H,17,21)(H,18,19)/t11-/m0/s1. The van der Waals surface area contributed by atoms with E-state index in [-0.39, 0.29) is 30.9 Å². The largest absolute Gasteiger partial charge is 0.547 e. The molecule has 0 aliphatic carbocycles. The Morgan fingerprint density at radius 3 is 2.84 bits per heavy atom. The maximum atomic E-state index is 12.0. The summed E-state index contributed by atoms with van der Waals surface area (Å²) in [5.74, 6) is -1.54. The van der Waals surface area contributed by atoms with E-state index in [1.165, 1.54) is 7.11 Å². The number of para-hydroxylation sites is 1. The molecule has 25 heavy (non-hydrogen) atoms. The van der Waals surface area contributed by atoms with Gasteiger partial charge in [0.1, 0.15) is 11.3 Å². The maximum absolute atomic E-state index is 12.0. The molecule has 0 unspecified atom stereocenters. The number of hydrogen-bond donors (Lipinski definition) is 3. The minimum absolute atomic E-state index is 0.218. The molecule has 2 amide bonds. The lowest BCUT2D eigenvalue weighted by atomic mass is 9.72. The smallest absolute Gasteiger partial charge is 0.534 e. The lowest BCUT2D eigenvalue weighted by Gasteiger charge is -2.29. The zero-order chi connectivity index (χ0) is 18.4. The molecule has 10 heteroatoms. The number of carbonyl (C=O) groups excluding carboxylic acids is 3. The van der Waals surface area contributed by atoms with Gasteiger partial charge in [-0.3, -0.25) is 4.79 Å². The minimum Gasteiger partial charge on any atom is -0.534 e. The van der Waals surface area contributed by atoms with Gasteiger partial charge in [-0.2, -0.15) is 0 Å². The molecular formula is C15H19BN2O7. The molecule has 2 rings (SSSR count). The van der Waals surface area contributed by atoms with Crippen LogP contribution in [0, 0.1) is 0 Å². The summed E-state index contributed by atoms with van der Waals surface area (Å²) in [5, 5.41) is 14.9. The predicted molar refractivity (Wildman–Crippen MR) is 87.0 cm³/mol. The Morgan fingerprint density at radius 2 is 2.16 bits per heavy atom. The second kappa shape index (κ2) is 8.38. The topological polar surface area (TPSA) is 123 Å². The molecule has 1 aliphatic rings. The summed E-state index contributed by atoms with van der Waals surface area (Å²) < 4.78 is 14.7. The van der Waals surface area contributed by atoms with Gasteiger partial charge in [-0.25, -0.2) is 9.59 Å². The van der Waals surface area contributed by atoms with Crippen LogP contribution in [0.4, 0.5) is 4.79 Å². The molecule has 0 aromatic heterocycles. The fraction of sp³-hybridized carbons (Fsp3) is 0.400. The van der Waals surface area contributed by atoms with Crippen molar-refractivity contribution in [2.75, 3.05) is 20.3 Å². The molecule has 1 heterocycles. The van der Waals surface area contributed by atoms with Crippen molar-refractivity contribution in [3.63, 3.8) is 0 Å². The molecule has 3 N–H and O–H groups in total. The molecule has 0 bridgehead atoms. The van der Waals surface area contributed by atoms with E-state index in [0.29, 0.717) is 5.56 Å². The zero-order valence-electron chi connectivity index (χ0n) is 13.9. The Bertz CT molecular complexity index is 667. The normalized spacial score (nSPS) is 15.5. The third-order valence-electron chi connectivity index (χ3n) is 3.54. The molecule has 1 aliphatic heterocycles. The summed E-state index contributed by atoms with van der Waals surface area (Å²) in [6, 6.07) is 4.95. The first-order chi connectivity index (χ1) is 12.0. The monoisotopic (exact) mass is 350 g/mol. The average molecular weight is 350 g/mol. The van der Waals surface area contributed by atoms with Gasteiger partial charge < -0.3 is 29.8 Å². The van der Waals surface area contributed by atoms with Gasteiger partial charge in [-0.05, 0) is 25.0 Å². The number of nitrogens with one attached hydrogen (secondary N) is 2. The Balaban J connectivity index is 2.06. The lowest BCUT2D eigenvalue weighted by Crippen LogP contribution is -2.54. The van der Waals surface area contributed by atoms with E-state index in [0.717, 1.165) is 0 Å². The van der Waals surface area contributed by atoms with Gasteiger partial charge in [0.15, 0.2) is 0 Å². The van der Waals surface area contributed by atoms with Gasteiger partial charge in [-0.1, -0.05) is 12.1 Å². The van der Waals surface area contributed by atoms with Crippen LogP contribution < -0.4 is 15.3 Å². The van der Waals surface area contributed by atoms with Gasteiger partial charge in [0.05, 0.1) is 26.2 Å². The number of ether oxygens (including phenoxy) is 2. The molecule has 1 aromatic carbocycles. The molecule has 0 spiro atoms. The van der Waals surface area contributed by atoms with Crippen molar-refractivity contribution < 1.29 is 33.5 Å². The van der Waals surface area contributed by atoms with E-state index in [1.807, 2.05) is 0 Å². The molecule has 1 atom stereocenters. The van der Waals surface area contributed by atoms with Gasteiger partial charge in [0, 0.05) is 0 Å². The second-order valence-electron chi connectivity index (χ2n) is 5.25. The Hall–Kier alpha value is -2.75. The summed E-state index contributed by atoms with van der Waals surface area (Å²) in [7, 11) is -0.158. The average Bonchev–Trinajstić information content (AvgIpc) is 2.60. The van der Waals surface area contributed by atoms with E-state index in [1.54, 1.807) is 25.1 Å². The van der Waals surface area contributed by atoms with E-state index < -0.39 is 31.0 Å². The van der Waals surface area contributed by atoms with Crippen molar-refractivity contribution in [1.82, 2.24) is 10.6 Å². The first-order valence-electron chi connectivity index (χ1n) is 7.71. The number of amides is 2. The van der Waals surface area contributed by atoms with Crippen LogP contribution in [0.25, 0.3) is 0 Å². The van der Waals surface area contributed by atoms with Gasteiger partial charge in [0.2, 0.25) is 5.91 Å². The molecular weight excluding hydrogens is 331 g/mol. The molecule has 0 fully saturated rings. The Labute approximate surface area is 144 Å². The van der Waals surface area contributed by atoms with Crippen LogP contribution in [-0.2, 0) is 20.7 Å². The van der Waals surface area contributed by atoms with E-state index >= 15 is 0 Å². The third kappa shape index (κ3) is 4.63. The van der Waals surface area contributed by atoms with Crippen molar-refractivity contribution in [3.8, 4) is 5.75 Å². The van der Waals surface area contributed by atoms with Crippen molar-refractivity contribution in [1.29, 1.82) is 0 Å². The first kappa shape index (κ1) is 18.6. The number of hydrogen-bond acceptors (Lipinski definition) is 7. The number of carbonyl (C=O) groups is 3. The summed E-state index contributed by atoms with van der Waals surface area (Å²) in [4.78, 5) is 34.7. The Morgan fingerprint density at radius 1 is 1.40 bits per heavy atom. The number of methoxy groups -OCH3 is 1. The van der Waals surface area contributed by atoms with Gasteiger partial charge in [0.25, 0.3) is 0 Å². The van der Waals surface area contributed by atoms with E-state index in [2.05, 4.69) is 15.4 Å². The van der Waals surface area contributed by atoms with E-state index in [9.17, 15) is 19.4 Å². The van der Waals surface area contributed by atoms with E-state index in [4.69, 9.17) is 9.39 Å². The molecule has 0 saturated heterocycles. The fourth-order valence-corrected chi connectivity index (χ4v) is 2.40. The van der Waals surface area contributed by atoms with Crippen LogP contribution >= 0.6 is 0 Å². The highest BCUT2D eigenvalue weighted by Crippen LogP contribution is 2.30. The van der Waals surface area contributed by atoms with Crippen LogP contribution in [0.1, 0.15) is 22.8 Å². The van der Waals surface area contributed by atoms with Crippen molar-refractivity contribution in [2.45, 2.75) is 19.3 Å². The summed E-state index contributed by atoms with van der Waals surface area (Å²) in [6.45, 7) is 1.61. The maximum Gasteiger partial charge on any atom is 0.547 e. The van der Waals surface area contributed by atoms with Crippen molar-refractivity contribution in [2.24, 2.45) is 0 Å². The van der Waals surface area contributed by atoms with Crippen LogP contribution in [0.2, 0.25) is 0 Å². The summed E-state index contributed by atoms with van der Waals surface area (Å²) in [5.41, 5.74) is 0.873. The highest BCUT2D eigenvalue weighted by atomic mass is 16.5. The van der Waals surface area contributed by atoms with Crippen LogP contribution in [-0.4, -0.2) is 56.3 Å². The molecule has 9 nitrogen and oxygen atoms in total. The number of alkyl carbamates (subject to hydrolysis) is 1. The quantitative estimate of drug-likeness (QED) is 0.490. The molecule has 1 aromatic rings. The first-order valence-corrected chi connectivity index (χ1v) is 7.71. The van der Waals surface area contributed by atoms with Crippen LogP contribution in [0.5, 0.6) is 5.75 Å². The summed E-state index contributed by atoms with van der Waals surface area (Å²) >= 11 is 0. The van der Waals surface area contributed by atoms with Crippen LogP contribution in [0.15, 0.2) is 18.2 Å².